The number of hydrogen-bond donors (Lipinski definition) is 0. The summed E-state index contributed by atoms with van der Waals surface area (Å²) in [5.41, 5.74) is 1.37. The van der Waals surface area contributed by atoms with Gasteiger partial charge < -0.3 is 19.1 Å². The van der Waals surface area contributed by atoms with Gasteiger partial charge in [0, 0.05) is 31.2 Å². The molecule has 0 atom stereocenters. The van der Waals surface area contributed by atoms with E-state index in [0.717, 1.165) is 37.6 Å². The zero-order valence-corrected chi connectivity index (χ0v) is 24.0. The van der Waals surface area contributed by atoms with Crippen LogP contribution < -0.4 is 14.5 Å². The molecule has 2 saturated carbocycles. The van der Waals surface area contributed by atoms with Gasteiger partial charge in [0.25, 0.3) is 0 Å². The van der Waals surface area contributed by atoms with Crippen molar-refractivity contribution in [3.8, 4) is 28.7 Å². The number of alkyl halides is 3. The molecule has 0 spiro atoms. The van der Waals surface area contributed by atoms with Crippen molar-refractivity contribution in [1.29, 1.82) is 0 Å². The monoisotopic (exact) mass is 608 g/mol. The minimum Gasteiger partial charge on any atom is -0.480 e. The summed E-state index contributed by atoms with van der Waals surface area (Å²) < 4.78 is 62.2. The third-order valence-corrected chi connectivity index (χ3v) is 8.09. The highest BCUT2D eigenvalue weighted by molar-refractivity contribution is 6.03. The number of ether oxygens (including phenoxy) is 1. The number of nitrogens with zero attached hydrogens (tertiary/aromatic N) is 8. The number of aromatic nitrogens is 6. The van der Waals surface area contributed by atoms with E-state index >= 15 is 4.39 Å². The van der Waals surface area contributed by atoms with Gasteiger partial charge in [-0.05, 0) is 50.3 Å². The molecule has 0 saturated heterocycles. The largest absolute Gasteiger partial charge is 0.480 e. The Morgan fingerprint density at radius 2 is 1.86 bits per heavy atom. The van der Waals surface area contributed by atoms with Crippen LogP contribution in [0.1, 0.15) is 55.5 Å². The van der Waals surface area contributed by atoms with Gasteiger partial charge in [-0.3, -0.25) is 4.79 Å². The number of imidazole rings is 1. The second-order valence-electron chi connectivity index (χ2n) is 11.2. The van der Waals surface area contributed by atoms with E-state index in [2.05, 4.69) is 19.9 Å². The van der Waals surface area contributed by atoms with Crippen LogP contribution in [0.15, 0.2) is 36.9 Å². The van der Waals surface area contributed by atoms with Crippen LogP contribution in [-0.4, -0.2) is 55.1 Å². The van der Waals surface area contributed by atoms with E-state index in [9.17, 15) is 18.0 Å². The van der Waals surface area contributed by atoms with Gasteiger partial charge in [-0.25, -0.2) is 29.3 Å². The molecular weight excluding hydrogens is 580 g/mol. The Bertz CT molecular complexity index is 1770. The van der Waals surface area contributed by atoms with Crippen LogP contribution in [0.4, 0.5) is 29.1 Å². The Hall–Kier alpha value is -4.62. The van der Waals surface area contributed by atoms with Crippen molar-refractivity contribution in [3.63, 3.8) is 0 Å². The second kappa shape index (κ2) is 10.5. The Morgan fingerprint density at radius 1 is 1.07 bits per heavy atom. The summed E-state index contributed by atoms with van der Waals surface area (Å²) in [5, 5.41) is 0. The van der Waals surface area contributed by atoms with Crippen LogP contribution in [0.2, 0.25) is 0 Å². The third kappa shape index (κ3) is 5.01. The van der Waals surface area contributed by atoms with Gasteiger partial charge in [-0.15, -0.1) is 0 Å². The minimum atomic E-state index is -4.65. The molecule has 0 bridgehead atoms. The first-order valence-corrected chi connectivity index (χ1v) is 14.4. The highest BCUT2D eigenvalue weighted by atomic mass is 19.4. The maximum Gasteiger partial charge on any atom is 0.434 e. The Kier molecular flexibility index (Phi) is 6.74. The number of aryl methyl sites for hydroxylation is 1. The number of hydrogen-bond acceptors (Lipinski definition) is 8. The molecule has 0 N–H and O–H groups in total. The molecule has 4 heterocycles. The minimum absolute atomic E-state index is 0.0103. The predicted octanol–water partition coefficient (Wildman–Crippen LogP) is 5.38. The summed E-state index contributed by atoms with van der Waals surface area (Å²) in [5.74, 6) is 0.558. The Balaban J connectivity index is 1.26. The fourth-order valence-corrected chi connectivity index (χ4v) is 5.68. The molecular formula is C30H28F4N8O2. The first-order chi connectivity index (χ1) is 21.2. The molecule has 4 aromatic rings. The first-order valence-electron chi connectivity index (χ1n) is 14.4. The summed E-state index contributed by atoms with van der Waals surface area (Å²) in [7, 11) is 1.52. The number of fused-ring (bicyclic) bond motifs is 1. The quantitative estimate of drug-likeness (QED) is 0.246. The summed E-state index contributed by atoms with van der Waals surface area (Å²) in [6.45, 7) is 1.98. The van der Waals surface area contributed by atoms with Crippen molar-refractivity contribution in [1.82, 2.24) is 29.5 Å². The topological polar surface area (TPSA) is 102 Å². The normalized spacial score (nSPS) is 16.8. The number of halogens is 4. The fourth-order valence-electron chi connectivity index (χ4n) is 5.68. The van der Waals surface area contributed by atoms with Gasteiger partial charge in [-0.1, -0.05) is 6.07 Å². The SMILES string of the molecule is CCn1cc(C(F)(F)F)nc1-c1ccc(CN2CC(=O)N(C3CC3)c3cnc(-c4c(OC)ncnc4C4CC4)nc32)cc1F. The average Bonchev–Trinajstić information content (AvgIpc) is 3.94. The van der Waals surface area contributed by atoms with Crippen LogP contribution in [0, 0.1) is 5.82 Å². The summed E-state index contributed by atoms with van der Waals surface area (Å²) >= 11 is 0. The highest BCUT2D eigenvalue weighted by Crippen LogP contribution is 2.46. The molecule has 228 valence electrons. The number of carbonyl (C=O) groups excluding carboxylic acids is 1. The molecule has 10 nitrogen and oxygen atoms in total. The van der Waals surface area contributed by atoms with E-state index in [0.29, 0.717) is 34.3 Å². The lowest BCUT2D eigenvalue weighted by Crippen LogP contribution is -2.47. The summed E-state index contributed by atoms with van der Waals surface area (Å²) in [6, 6.07) is 4.38. The lowest BCUT2D eigenvalue weighted by atomic mass is 10.1. The molecule has 3 aliphatic rings. The van der Waals surface area contributed by atoms with Crippen molar-refractivity contribution in [2.75, 3.05) is 23.5 Å². The van der Waals surface area contributed by atoms with Crippen LogP contribution in [0.3, 0.4) is 0 Å². The van der Waals surface area contributed by atoms with Gasteiger partial charge in [0.05, 0.1) is 31.1 Å². The molecule has 1 aromatic carbocycles. The van der Waals surface area contributed by atoms with Gasteiger partial charge in [0.1, 0.15) is 29.2 Å². The lowest BCUT2D eigenvalue weighted by Gasteiger charge is -2.36. The van der Waals surface area contributed by atoms with E-state index in [1.807, 2.05) is 0 Å². The van der Waals surface area contributed by atoms with Crippen LogP contribution in [0.5, 0.6) is 5.88 Å². The molecule has 0 radical (unpaired) electrons. The smallest absolute Gasteiger partial charge is 0.434 e. The number of methoxy groups -OCH3 is 1. The zero-order valence-electron chi connectivity index (χ0n) is 24.0. The van der Waals surface area contributed by atoms with Gasteiger partial charge in [0.2, 0.25) is 11.8 Å². The molecule has 14 heteroatoms. The molecule has 1 aliphatic heterocycles. The van der Waals surface area contributed by atoms with Crippen molar-refractivity contribution < 1.29 is 27.1 Å². The van der Waals surface area contributed by atoms with Crippen molar-refractivity contribution >= 4 is 17.4 Å². The van der Waals surface area contributed by atoms with E-state index < -0.39 is 17.7 Å². The number of anilines is 2. The number of benzene rings is 1. The summed E-state index contributed by atoms with van der Waals surface area (Å²) in [4.78, 5) is 38.8. The lowest BCUT2D eigenvalue weighted by molar-refractivity contribution is -0.140. The van der Waals surface area contributed by atoms with Crippen molar-refractivity contribution in [2.24, 2.45) is 0 Å². The molecule has 1 amide bonds. The summed E-state index contributed by atoms with van der Waals surface area (Å²) in [6.07, 6.45) is 3.08. The van der Waals surface area contributed by atoms with E-state index in [1.54, 1.807) is 29.0 Å². The van der Waals surface area contributed by atoms with E-state index in [4.69, 9.17) is 9.72 Å². The standard InChI is InChI=1S/C30H28F4N8O2/c1-3-40-13-22(30(32,33)34)38-27(40)19-9-4-16(10-20(19)31)12-41-14-23(43)42(18-7-8-18)21-11-35-26(39-28(21)41)24-25(17-5-6-17)36-15-37-29(24)44-2/h4,9-11,13,15,17-18H,3,5-8,12,14H2,1-2H3. The average molecular weight is 609 g/mol. The van der Waals surface area contributed by atoms with Gasteiger partial charge in [-0.2, -0.15) is 13.2 Å². The van der Waals surface area contributed by atoms with Crippen LogP contribution in [-0.2, 0) is 24.1 Å². The molecule has 2 aliphatic carbocycles. The Morgan fingerprint density at radius 3 is 2.52 bits per heavy atom. The predicted molar refractivity (Wildman–Crippen MR) is 151 cm³/mol. The maximum absolute atomic E-state index is 15.5. The van der Waals surface area contributed by atoms with Crippen molar-refractivity contribution in [3.05, 3.63) is 59.7 Å². The van der Waals surface area contributed by atoms with Gasteiger partial charge >= 0.3 is 6.18 Å². The maximum atomic E-state index is 15.5. The van der Waals surface area contributed by atoms with Crippen molar-refractivity contribution in [2.45, 2.75) is 63.8 Å². The highest BCUT2D eigenvalue weighted by Gasteiger charge is 2.41. The molecule has 44 heavy (non-hydrogen) atoms. The molecule has 7 rings (SSSR count). The zero-order chi connectivity index (χ0) is 30.7. The molecule has 3 aromatic heterocycles. The van der Waals surface area contributed by atoms with Crippen LogP contribution >= 0.6 is 0 Å². The third-order valence-electron chi connectivity index (χ3n) is 8.09. The number of carbonyl (C=O) groups is 1. The van der Waals surface area contributed by atoms with E-state index in [1.165, 1.54) is 30.1 Å². The second-order valence-corrected chi connectivity index (χ2v) is 11.2. The molecule has 0 unspecified atom stereocenters. The molecule has 2 fully saturated rings. The number of amides is 1. The van der Waals surface area contributed by atoms with Crippen LogP contribution in [0.25, 0.3) is 22.8 Å². The number of rotatable bonds is 8. The van der Waals surface area contributed by atoms with E-state index in [-0.39, 0.29) is 48.9 Å². The van der Waals surface area contributed by atoms with Gasteiger partial charge in [0.15, 0.2) is 17.3 Å². The first kappa shape index (κ1) is 28.2. The Labute approximate surface area is 249 Å². The fraction of sp³-hybridized carbons (Fsp3) is 0.400.